The smallest absolute Gasteiger partial charge is 0.191 e. The van der Waals surface area contributed by atoms with Crippen LogP contribution in [0.25, 0.3) is 0 Å². The Kier molecular flexibility index (Phi) is 7.79. The molecule has 0 aliphatic carbocycles. The van der Waals surface area contributed by atoms with Crippen LogP contribution in [0.5, 0.6) is 0 Å². The van der Waals surface area contributed by atoms with E-state index in [0.29, 0.717) is 6.54 Å². The van der Waals surface area contributed by atoms with Gasteiger partial charge in [-0.2, -0.15) is 0 Å². The molecule has 5 heteroatoms. The number of hydrogen-bond donors (Lipinski definition) is 2. The number of guanidine groups is 1. The molecule has 1 aliphatic heterocycles. The lowest BCUT2D eigenvalue weighted by Crippen LogP contribution is -2.45. The minimum atomic E-state index is 0.711. The van der Waals surface area contributed by atoms with Crippen molar-refractivity contribution in [3.8, 4) is 0 Å². The van der Waals surface area contributed by atoms with Crippen molar-refractivity contribution >= 4 is 5.96 Å². The van der Waals surface area contributed by atoms with Crippen LogP contribution in [0, 0.1) is 0 Å². The first-order chi connectivity index (χ1) is 11.8. The number of piperazine rings is 1. The van der Waals surface area contributed by atoms with Crippen molar-refractivity contribution in [1.82, 2.24) is 20.4 Å². The van der Waals surface area contributed by atoms with Crippen LogP contribution in [0.4, 0.5) is 0 Å². The van der Waals surface area contributed by atoms with Gasteiger partial charge in [-0.3, -0.25) is 9.89 Å². The molecule has 5 nitrogen and oxygen atoms in total. The van der Waals surface area contributed by atoms with Crippen LogP contribution in [0.2, 0.25) is 0 Å². The van der Waals surface area contributed by atoms with Gasteiger partial charge in [-0.15, -0.1) is 6.58 Å². The maximum Gasteiger partial charge on any atom is 0.191 e. The summed E-state index contributed by atoms with van der Waals surface area (Å²) >= 11 is 0. The lowest BCUT2D eigenvalue weighted by atomic mass is 10.1. The topological polar surface area (TPSA) is 42.9 Å². The Morgan fingerprint density at radius 2 is 1.79 bits per heavy atom. The predicted molar refractivity (Wildman–Crippen MR) is 102 cm³/mol. The van der Waals surface area contributed by atoms with Crippen LogP contribution in [0.15, 0.2) is 41.9 Å². The van der Waals surface area contributed by atoms with Crippen LogP contribution in [0.1, 0.15) is 18.1 Å². The highest BCUT2D eigenvalue weighted by atomic mass is 15.3. The van der Waals surface area contributed by atoms with Gasteiger partial charge in [0, 0.05) is 52.9 Å². The molecule has 1 saturated heterocycles. The van der Waals surface area contributed by atoms with Gasteiger partial charge in [0.1, 0.15) is 0 Å². The van der Waals surface area contributed by atoms with Crippen LogP contribution in [-0.4, -0.2) is 62.1 Å². The molecule has 132 valence electrons. The third-order valence-electron chi connectivity index (χ3n) is 4.51. The third-order valence-corrected chi connectivity index (χ3v) is 4.51. The predicted octanol–water partition coefficient (Wildman–Crippen LogP) is 1.68. The molecule has 1 aliphatic rings. The number of likely N-dealkylation sites (N-methyl/N-ethyl adjacent to an activating group) is 1. The molecule has 1 fully saturated rings. The molecular formula is C19H31N5. The molecular weight excluding hydrogens is 298 g/mol. The minimum absolute atomic E-state index is 0.711. The van der Waals surface area contributed by atoms with Gasteiger partial charge in [0.05, 0.1) is 0 Å². The molecule has 0 radical (unpaired) electrons. The van der Waals surface area contributed by atoms with E-state index >= 15 is 0 Å². The highest BCUT2D eigenvalue weighted by molar-refractivity contribution is 5.79. The van der Waals surface area contributed by atoms with E-state index in [2.05, 4.69) is 63.2 Å². The van der Waals surface area contributed by atoms with Crippen molar-refractivity contribution < 1.29 is 0 Å². The summed E-state index contributed by atoms with van der Waals surface area (Å²) in [6, 6.07) is 8.68. The van der Waals surface area contributed by atoms with Crippen molar-refractivity contribution in [2.45, 2.75) is 20.0 Å². The fraction of sp³-hybridized carbons (Fsp3) is 0.526. The van der Waals surface area contributed by atoms with Gasteiger partial charge >= 0.3 is 0 Å². The monoisotopic (exact) mass is 329 g/mol. The first-order valence-corrected chi connectivity index (χ1v) is 8.83. The third kappa shape index (κ3) is 5.65. The van der Waals surface area contributed by atoms with E-state index in [0.717, 1.165) is 38.7 Å². The summed E-state index contributed by atoms with van der Waals surface area (Å²) < 4.78 is 0. The second-order valence-electron chi connectivity index (χ2n) is 6.07. The second kappa shape index (κ2) is 10.1. The average Bonchev–Trinajstić information content (AvgIpc) is 2.63. The van der Waals surface area contributed by atoms with Crippen LogP contribution in [-0.2, 0) is 13.1 Å². The highest BCUT2D eigenvalue weighted by Gasteiger charge is 2.16. The Morgan fingerprint density at radius 1 is 1.12 bits per heavy atom. The van der Waals surface area contributed by atoms with Crippen LogP contribution < -0.4 is 10.6 Å². The molecule has 2 N–H and O–H groups in total. The molecule has 1 aromatic rings. The molecule has 0 unspecified atom stereocenters. The van der Waals surface area contributed by atoms with E-state index in [1.54, 1.807) is 7.05 Å². The maximum absolute atomic E-state index is 4.23. The second-order valence-corrected chi connectivity index (χ2v) is 6.07. The zero-order valence-corrected chi connectivity index (χ0v) is 15.1. The van der Waals surface area contributed by atoms with Gasteiger partial charge in [-0.25, -0.2) is 0 Å². The van der Waals surface area contributed by atoms with Crippen LogP contribution >= 0.6 is 0 Å². The van der Waals surface area contributed by atoms with E-state index in [-0.39, 0.29) is 0 Å². The molecule has 2 rings (SSSR count). The van der Waals surface area contributed by atoms with Gasteiger partial charge < -0.3 is 15.5 Å². The quantitative estimate of drug-likeness (QED) is 0.454. The number of nitrogens with zero attached hydrogens (tertiary/aromatic N) is 3. The van der Waals surface area contributed by atoms with Crippen molar-refractivity contribution in [1.29, 1.82) is 0 Å². The fourth-order valence-electron chi connectivity index (χ4n) is 2.96. The minimum Gasteiger partial charge on any atom is -0.353 e. The molecule has 0 amide bonds. The maximum atomic E-state index is 4.23. The molecule has 0 atom stereocenters. The molecule has 1 heterocycles. The molecule has 1 aromatic carbocycles. The number of aliphatic imine (C=N–C) groups is 1. The number of rotatable bonds is 7. The molecule has 0 aromatic heterocycles. The Morgan fingerprint density at radius 3 is 2.42 bits per heavy atom. The zero-order chi connectivity index (χ0) is 17.2. The number of benzene rings is 1. The van der Waals surface area contributed by atoms with Gasteiger partial charge in [0.2, 0.25) is 0 Å². The van der Waals surface area contributed by atoms with E-state index in [1.807, 2.05) is 6.08 Å². The number of nitrogens with one attached hydrogen (secondary N) is 2. The van der Waals surface area contributed by atoms with Crippen molar-refractivity contribution in [3.63, 3.8) is 0 Å². The Labute approximate surface area is 146 Å². The number of hydrogen-bond acceptors (Lipinski definition) is 3. The van der Waals surface area contributed by atoms with Crippen molar-refractivity contribution in [2.24, 2.45) is 4.99 Å². The van der Waals surface area contributed by atoms with Crippen molar-refractivity contribution in [2.75, 3.05) is 46.3 Å². The Balaban J connectivity index is 1.91. The first-order valence-electron chi connectivity index (χ1n) is 8.83. The summed E-state index contributed by atoms with van der Waals surface area (Å²) in [5.74, 6) is 0.807. The Hall–Kier alpha value is -1.85. The lowest BCUT2D eigenvalue weighted by Gasteiger charge is -2.34. The summed E-state index contributed by atoms with van der Waals surface area (Å²) in [7, 11) is 1.79. The fourth-order valence-corrected chi connectivity index (χ4v) is 2.96. The zero-order valence-electron chi connectivity index (χ0n) is 15.1. The summed E-state index contributed by atoms with van der Waals surface area (Å²) in [5, 5.41) is 6.59. The van der Waals surface area contributed by atoms with Crippen molar-refractivity contribution in [3.05, 3.63) is 48.0 Å². The van der Waals surface area contributed by atoms with E-state index < -0.39 is 0 Å². The van der Waals surface area contributed by atoms with E-state index in [1.165, 1.54) is 24.2 Å². The molecule has 0 saturated carbocycles. The molecule has 0 spiro atoms. The largest absolute Gasteiger partial charge is 0.353 e. The molecule has 24 heavy (non-hydrogen) atoms. The normalized spacial score (nSPS) is 16.8. The average molecular weight is 329 g/mol. The first kappa shape index (κ1) is 18.5. The van der Waals surface area contributed by atoms with Gasteiger partial charge in [0.25, 0.3) is 0 Å². The SMILES string of the molecule is C=CCNC(=NC)NCc1ccccc1CN1CCN(CC)CC1. The lowest BCUT2D eigenvalue weighted by molar-refractivity contribution is 0.131. The van der Waals surface area contributed by atoms with Gasteiger partial charge in [-0.05, 0) is 17.7 Å². The van der Waals surface area contributed by atoms with Gasteiger partial charge in [-0.1, -0.05) is 37.3 Å². The van der Waals surface area contributed by atoms with E-state index in [9.17, 15) is 0 Å². The standard InChI is InChI=1S/C19H31N5/c1-4-10-21-19(20-3)22-15-17-8-6-7-9-18(17)16-24-13-11-23(5-2)12-14-24/h4,6-9H,1,5,10-16H2,2-3H3,(H2,20,21,22). The van der Waals surface area contributed by atoms with Crippen LogP contribution in [0.3, 0.4) is 0 Å². The summed E-state index contributed by atoms with van der Waals surface area (Å²) in [5.41, 5.74) is 2.73. The van der Waals surface area contributed by atoms with E-state index in [4.69, 9.17) is 0 Å². The molecule has 0 bridgehead atoms. The summed E-state index contributed by atoms with van der Waals surface area (Å²) in [6.45, 7) is 14.3. The Bertz CT molecular complexity index is 532. The highest BCUT2D eigenvalue weighted by Crippen LogP contribution is 2.13. The van der Waals surface area contributed by atoms with Gasteiger partial charge in [0.15, 0.2) is 5.96 Å². The summed E-state index contributed by atoms with van der Waals surface area (Å²) in [4.78, 5) is 9.30. The summed E-state index contributed by atoms with van der Waals surface area (Å²) in [6.07, 6.45) is 1.83.